The lowest BCUT2D eigenvalue weighted by molar-refractivity contribution is -0.143. The molecular formula is C23H21NO5. The van der Waals surface area contributed by atoms with Gasteiger partial charge in [0.1, 0.15) is 11.5 Å². The van der Waals surface area contributed by atoms with Crippen LogP contribution in [0.4, 0.5) is 0 Å². The topological polar surface area (TPSA) is 77.8 Å². The number of benzene rings is 2. The number of esters is 1. The van der Waals surface area contributed by atoms with Crippen LogP contribution in [0.5, 0.6) is 5.75 Å². The van der Waals surface area contributed by atoms with E-state index in [1.54, 1.807) is 19.2 Å². The average Bonchev–Trinajstić information content (AvgIpc) is 3.29. The molecule has 1 aromatic heterocycles. The highest BCUT2D eigenvalue weighted by Gasteiger charge is 2.17. The second kappa shape index (κ2) is 9.94. The highest BCUT2D eigenvalue weighted by molar-refractivity contribution is 5.89. The second-order valence-electron chi connectivity index (χ2n) is 6.14. The molecule has 0 aliphatic rings. The Morgan fingerprint density at radius 1 is 1.00 bits per heavy atom. The molecule has 0 aliphatic carbocycles. The fourth-order valence-corrected chi connectivity index (χ4v) is 2.72. The maximum absolute atomic E-state index is 12.4. The van der Waals surface area contributed by atoms with Crippen molar-refractivity contribution in [2.24, 2.45) is 0 Å². The molecule has 6 nitrogen and oxygen atoms in total. The van der Waals surface area contributed by atoms with E-state index in [-0.39, 0.29) is 12.6 Å². The molecule has 0 aliphatic heterocycles. The Hall–Kier alpha value is -3.80. The SMILES string of the molecule is COc1ccc([C@@H](NC(=O)COC(=O)/C=C/c2ccco2)c2ccccc2)cc1. The van der Waals surface area contributed by atoms with Crippen molar-refractivity contribution in [3.63, 3.8) is 0 Å². The van der Waals surface area contributed by atoms with Crippen LogP contribution in [0.2, 0.25) is 0 Å². The van der Waals surface area contributed by atoms with Gasteiger partial charge in [-0.1, -0.05) is 42.5 Å². The number of ether oxygens (including phenoxy) is 2. The normalized spacial score (nSPS) is 11.8. The molecule has 1 heterocycles. The molecule has 29 heavy (non-hydrogen) atoms. The third-order valence-electron chi connectivity index (χ3n) is 4.16. The molecule has 1 amide bonds. The van der Waals surface area contributed by atoms with Gasteiger partial charge in [-0.05, 0) is 41.5 Å². The Morgan fingerprint density at radius 2 is 1.72 bits per heavy atom. The molecule has 3 rings (SSSR count). The van der Waals surface area contributed by atoms with Gasteiger partial charge in [-0.15, -0.1) is 0 Å². The van der Waals surface area contributed by atoms with Crippen LogP contribution in [0.3, 0.4) is 0 Å². The predicted molar refractivity (Wildman–Crippen MR) is 108 cm³/mol. The Balaban J connectivity index is 1.64. The maximum Gasteiger partial charge on any atom is 0.331 e. The summed E-state index contributed by atoms with van der Waals surface area (Å²) in [6.45, 7) is -0.388. The van der Waals surface area contributed by atoms with Crippen molar-refractivity contribution >= 4 is 18.0 Å². The van der Waals surface area contributed by atoms with Crippen molar-refractivity contribution in [3.05, 3.63) is 96.0 Å². The van der Waals surface area contributed by atoms with Gasteiger partial charge < -0.3 is 19.2 Å². The van der Waals surface area contributed by atoms with E-state index in [0.29, 0.717) is 5.76 Å². The van der Waals surface area contributed by atoms with Crippen molar-refractivity contribution in [1.82, 2.24) is 5.32 Å². The Bertz CT molecular complexity index is 947. The molecule has 0 bridgehead atoms. The lowest BCUT2D eigenvalue weighted by Gasteiger charge is -2.20. The molecule has 6 heteroatoms. The molecule has 0 fully saturated rings. The molecule has 1 N–H and O–H groups in total. The first-order valence-corrected chi connectivity index (χ1v) is 9.02. The Kier molecular flexibility index (Phi) is 6.84. The van der Waals surface area contributed by atoms with Gasteiger partial charge in [-0.3, -0.25) is 4.79 Å². The third kappa shape index (κ3) is 5.84. The highest BCUT2D eigenvalue weighted by atomic mass is 16.5. The van der Waals surface area contributed by atoms with Crippen molar-refractivity contribution < 1.29 is 23.5 Å². The van der Waals surface area contributed by atoms with Gasteiger partial charge in [-0.2, -0.15) is 0 Å². The molecule has 0 unspecified atom stereocenters. The van der Waals surface area contributed by atoms with Gasteiger partial charge >= 0.3 is 5.97 Å². The maximum atomic E-state index is 12.4. The first-order chi connectivity index (χ1) is 14.2. The van der Waals surface area contributed by atoms with Crippen molar-refractivity contribution in [2.45, 2.75) is 6.04 Å². The van der Waals surface area contributed by atoms with E-state index in [0.717, 1.165) is 16.9 Å². The molecule has 0 saturated heterocycles. The zero-order valence-corrected chi connectivity index (χ0v) is 15.9. The molecule has 0 spiro atoms. The largest absolute Gasteiger partial charge is 0.497 e. The van der Waals surface area contributed by atoms with Crippen LogP contribution in [-0.4, -0.2) is 25.6 Å². The number of nitrogens with one attached hydrogen (secondary N) is 1. The molecule has 3 aromatic rings. The summed E-state index contributed by atoms with van der Waals surface area (Å²) in [6.07, 6.45) is 4.19. The van der Waals surface area contributed by atoms with Crippen LogP contribution in [0, 0.1) is 0 Å². The van der Waals surface area contributed by atoms with Crippen molar-refractivity contribution in [3.8, 4) is 5.75 Å². The summed E-state index contributed by atoms with van der Waals surface area (Å²) in [6, 6.07) is 20.0. The average molecular weight is 391 g/mol. The first-order valence-electron chi connectivity index (χ1n) is 9.02. The van der Waals surface area contributed by atoms with Gasteiger partial charge in [0.2, 0.25) is 0 Å². The monoisotopic (exact) mass is 391 g/mol. The van der Waals surface area contributed by atoms with E-state index in [4.69, 9.17) is 13.9 Å². The van der Waals surface area contributed by atoms with E-state index in [1.807, 2.05) is 54.6 Å². The molecule has 2 aromatic carbocycles. The lowest BCUT2D eigenvalue weighted by Crippen LogP contribution is -2.32. The van der Waals surface area contributed by atoms with E-state index < -0.39 is 11.9 Å². The van der Waals surface area contributed by atoms with E-state index in [9.17, 15) is 9.59 Å². The quantitative estimate of drug-likeness (QED) is 0.467. The van der Waals surface area contributed by atoms with Crippen LogP contribution < -0.4 is 10.1 Å². The minimum absolute atomic E-state index is 0.382. The molecule has 0 saturated carbocycles. The smallest absolute Gasteiger partial charge is 0.331 e. The summed E-state index contributed by atoms with van der Waals surface area (Å²) in [7, 11) is 1.60. The van der Waals surface area contributed by atoms with Crippen LogP contribution in [-0.2, 0) is 14.3 Å². The minimum atomic E-state index is -0.628. The van der Waals surface area contributed by atoms with Gasteiger partial charge in [-0.25, -0.2) is 4.79 Å². The van der Waals surface area contributed by atoms with Crippen LogP contribution in [0.25, 0.3) is 6.08 Å². The van der Waals surface area contributed by atoms with Gasteiger partial charge in [0.05, 0.1) is 19.4 Å². The van der Waals surface area contributed by atoms with E-state index in [2.05, 4.69) is 5.32 Å². The van der Waals surface area contributed by atoms with Crippen molar-refractivity contribution in [2.75, 3.05) is 13.7 Å². The fraction of sp³-hybridized carbons (Fsp3) is 0.130. The van der Waals surface area contributed by atoms with Crippen LogP contribution in [0.1, 0.15) is 22.9 Å². The number of amides is 1. The summed E-state index contributed by atoms with van der Waals surface area (Å²) in [5.41, 5.74) is 1.80. The fourth-order valence-electron chi connectivity index (χ4n) is 2.72. The van der Waals surface area contributed by atoms with Crippen LogP contribution >= 0.6 is 0 Å². The number of methoxy groups -OCH3 is 1. The first kappa shape index (κ1) is 19.9. The number of hydrogen-bond acceptors (Lipinski definition) is 5. The number of hydrogen-bond donors (Lipinski definition) is 1. The third-order valence-corrected chi connectivity index (χ3v) is 4.16. The van der Waals surface area contributed by atoms with Crippen molar-refractivity contribution in [1.29, 1.82) is 0 Å². The summed E-state index contributed by atoms with van der Waals surface area (Å²) in [5, 5.41) is 2.91. The molecule has 0 radical (unpaired) electrons. The van der Waals surface area contributed by atoms with Gasteiger partial charge in [0, 0.05) is 6.08 Å². The predicted octanol–water partition coefficient (Wildman–Crippen LogP) is 3.75. The molecule has 148 valence electrons. The van der Waals surface area contributed by atoms with Gasteiger partial charge in [0.15, 0.2) is 6.61 Å². The van der Waals surface area contributed by atoms with E-state index >= 15 is 0 Å². The zero-order valence-electron chi connectivity index (χ0n) is 15.9. The summed E-state index contributed by atoms with van der Waals surface area (Å²) in [4.78, 5) is 24.2. The zero-order chi connectivity index (χ0) is 20.5. The Labute approximate surface area is 168 Å². The molecular weight excluding hydrogens is 370 g/mol. The minimum Gasteiger partial charge on any atom is -0.497 e. The lowest BCUT2D eigenvalue weighted by atomic mass is 9.98. The number of carbonyl (C=O) groups excluding carboxylic acids is 2. The Morgan fingerprint density at radius 3 is 2.38 bits per heavy atom. The van der Waals surface area contributed by atoms with Gasteiger partial charge in [0.25, 0.3) is 5.91 Å². The summed E-state index contributed by atoms with van der Waals surface area (Å²) < 4.78 is 15.3. The highest BCUT2D eigenvalue weighted by Crippen LogP contribution is 2.24. The van der Waals surface area contributed by atoms with Crippen LogP contribution in [0.15, 0.2) is 83.5 Å². The standard InChI is InChI=1S/C23H21NO5/c1-27-19-11-9-18(10-12-19)23(17-6-3-2-4-7-17)24-21(25)16-29-22(26)14-13-20-8-5-15-28-20/h2-15,23H,16H2,1H3,(H,24,25)/b14-13+/t23-/m0/s1. The second-order valence-corrected chi connectivity index (χ2v) is 6.14. The summed E-state index contributed by atoms with van der Waals surface area (Å²) in [5.74, 6) is 0.214. The van der Waals surface area contributed by atoms with E-state index in [1.165, 1.54) is 18.4 Å². The molecule has 1 atom stereocenters. The number of furan rings is 1. The number of rotatable bonds is 8. The number of carbonyl (C=O) groups is 2. The summed E-state index contributed by atoms with van der Waals surface area (Å²) >= 11 is 0.